The van der Waals surface area contributed by atoms with Crippen LogP contribution in [-0.2, 0) is 16.6 Å². The second-order valence-electron chi connectivity index (χ2n) is 6.63. The molecule has 0 atom stereocenters. The summed E-state index contributed by atoms with van der Waals surface area (Å²) < 4.78 is 46.2. The van der Waals surface area contributed by atoms with Crippen molar-refractivity contribution in [2.75, 3.05) is 32.8 Å². The van der Waals surface area contributed by atoms with Gasteiger partial charge in [-0.1, -0.05) is 18.2 Å². The molecule has 0 unspecified atom stereocenters. The molecular formula is C20H25FN2O3S. The van der Waals surface area contributed by atoms with Crippen molar-refractivity contribution < 1.29 is 17.5 Å². The van der Waals surface area contributed by atoms with Crippen molar-refractivity contribution >= 4 is 10.0 Å². The summed E-state index contributed by atoms with van der Waals surface area (Å²) in [5.41, 5.74) is 1.54. The van der Waals surface area contributed by atoms with Gasteiger partial charge in [-0.3, -0.25) is 4.90 Å². The van der Waals surface area contributed by atoms with Crippen molar-refractivity contribution in [2.24, 2.45) is 0 Å². The quantitative estimate of drug-likeness (QED) is 0.758. The summed E-state index contributed by atoms with van der Waals surface area (Å²) >= 11 is 0. The highest BCUT2D eigenvalue weighted by atomic mass is 32.2. The van der Waals surface area contributed by atoms with Crippen molar-refractivity contribution in [2.45, 2.75) is 25.3 Å². The highest BCUT2D eigenvalue weighted by Crippen LogP contribution is 2.24. The van der Waals surface area contributed by atoms with Crippen molar-refractivity contribution in [3.05, 3.63) is 59.4 Å². The monoisotopic (exact) mass is 392 g/mol. The topological polar surface area (TPSA) is 49.9 Å². The first-order valence-corrected chi connectivity index (χ1v) is 10.5. The van der Waals surface area contributed by atoms with E-state index in [2.05, 4.69) is 4.90 Å². The van der Waals surface area contributed by atoms with E-state index in [0.29, 0.717) is 38.3 Å². The predicted octanol–water partition coefficient (Wildman–Crippen LogP) is 3.04. The van der Waals surface area contributed by atoms with E-state index in [1.165, 1.54) is 22.5 Å². The van der Waals surface area contributed by atoms with Crippen molar-refractivity contribution in [1.82, 2.24) is 9.21 Å². The predicted molar refractivity (Wildman–Crippen MR) is 103 cm³/mol. The Morgan fingerprint density at radius 2 is 1.78 bits per heavy atom. The number of halogens is 1. The lowest BCUT2D eigenvalue weighted by molar-refractivity contribution is 0.179. The number of hydrogen-bond donors (Lipinski definition) is 0. The molecule has 1 aliphatic heterocycles. The number of aryl methyl sites for hydroxylation is 1. The van der Waals surface area contributed by atoms with Crippen LogP contribution in [0.25, 0.3) is 0 Å². The van der Waals surface area contributed by atoms with Crippen LogP contribution in [0.5, 0.6) is 5.75 Å². The van der Waals surface area contributed by atoms with E-state index >= 15 is 0 Å². The summed E-state index contributed by atoms with van der Waals surface area (Å²) in [4.78, 5) is 2.40. The molecular weight excluding hydrogens is 367 g/mol. The Labute approximate surface area is 160 Å². The Morgan fingerprint density at radius 1 is 1.07 bits per heavy atom. The van der Waals surface area contributed by atoms with Crippen LogP contribution in [0, 0.1) is 12.7 Å². The lowest BCUT2D eigenvalue weighted by Crippen LogP contribution is -2.48. The molecule has 146 valence electrons. The fourth-order valence-electron chi connectivity index (χ4n) is 3.34. The molecule has 1 heterocycles. The summed E-state index contributed by atoms with van der Waals surface area (Å²) in [6, 6.07) is 11.7. The third kappa shape index (κ3) is 4.48. The number of piperazine rings is 1. The van der Waals surface area contributed by atoms with Gasteiger partial charge in [0, 0.05) is 38.3 Å². The SMILES string of the molecule is CCOc1ccccc1CN1CCN(S(=O)(=O)c2ccc(F)cc2C)CC1. The van der Waals surface area contributed by atoms with E-state index in [1.807, 2.05) is 31.2 Å². The van der Waals surface area contributed by atoms with Crippen LogP contribution in [0.3, 0.4) is 0 Å². The van der Waals surface area contributed by atoms with E-state index in [0.717, 1.165) is 17.9 Å². The number of sulfonamides is 1. The molecule has 1 saturated heterocycles. The second-order valence-corrected chi connectivity index (χ2v) is 8.54. The zero-order valence-corrected chi connectivity index (χ0v) is 16.5. The Hall–Kier alpha value is -1.96. The van der Waals surface area contributed by atoms with Crippen LogP contribution in [-0.4, -0.2) is 50.4 Å². The maximum Gasteiger partial charge on any atom is 0.243 e. The van der Waals surface area contributed by atoms with Crippen LogP contribution in [0.2, 0.25) is 0 Å². The molecule has 2 aromatic rings. The number of ether oxygens (including phenoxy) is 1. The normalized spacial score (nSPS) is 16.4. The fraction of sp³-hybridized carbons (Fsp3) is 0.400. The minimum atomic E-state index is -3.61. The molecule has 1 fully saturated rings. The van der Waals surface area contributed by atoms with E-state index < -0.39 is 15.8 Å². The third-order valence-electron chi connectivity index (χ3n) is 4.75. The molecule has 27 heavy (non-hydrogen) atoms. The van der Waals surface area contributed by atoms with Crippen molar-refractivity contribution in [3.8, 4) is 5.75 Å². The Morgan fingerprint density at radius 3 is 2.44 bits per heavy atom. The number of hydrogen-bond acceptors (Lipinski definition) is 4. The first-order valence-electron chi connectivity index (χ1n) is 9.11. The zero-order valence-electron chi connectivity index (χ0n) is 15.7. The maximum atomic E-state index is 13.3. The summed E-state index contributed by atoms with van der Waals surface area (Å²) in [6.07, 6.45) is 0. The number of benzene rings is 2. The molecule has 0 amide bonds. The minimum absolute atomic E-state index is 0.180. The van der Waals surface area contributed by atoms with Crippen LogP contribution in [0.15, 0.2) is 47.4 Å². The Balaban J connectivity index is 1.67. The Kier molecular flexibility index (Phi) is 6.14. The van der Waals surface area contributed by atoms with E-state index in [4.69, 9.17) is 4.74 Å². The standard InChI is InChI=1S/C20H25FN2O3S/c1-3-26-19-7-5-4-6-17(19)15-22-10-12-23(13-11-22)27(24,25)20-9-8-18(21)14-16(20)2/h4-9,14H,3,10-13,15H2,1-2H3. The van der Waals surface area contributed by atoms with Gasteiger partial charge in [0.1, 0.15) is 11.6 Å². The molecule has 5 nitrogen and oxygen atoms in total. The summed E-state index contributed by atoms with van der Waals surface area (Å²) in [5, 5.41) is 0. The highest BCUT2D eigenvalue weighted by Gasteiger charge is 2.29. The molecule has 3 rings (SSSR count). The van der Waals surface area contributed by atoms with E-state index in [1.54, 1.807) is 6.92 Å². The van der Waals surface area contributed by atoms with Crippen LogP contribution < -0.4 is 4.74 Å². The van der Waals surface area contributed by atoms with E-state index in [-0.39, 0.29) is 4.90 Å². The molecule has 0 saturated carbocycles. The summed E-state index contributed by atoms with van der Waals surface area (Å²) in [7, 11) is -3.61. The zero-order chi connectivity index (χ0) is 19.4. The molecule has 0 bridgehead atoms. The smallest absolute Gasteiger partial charge is 0.243 e. The van der Waals surface area contributed by atoms with Crippen molar-refractivity contribution in [1.29, 1.82) is 0 Å². The molecule has 0 N–H and O–H groups in total. The Bertz CT molecular complexity index is 894. The minimum Gasteiger partial charge on any atom is -0.494 e. The summed E-state index contributed by atoms with van der Waals surface area (Å²) in [5.74, 6) is 0.446. The molecule has 0 aliphatic carbocycles. The van der Waals surface area contributed by atoms with Gasteiger partial charge in [-0.2, -0.15) is 4.31 Å². The summed E-state index contributed by atoms with van der Waals surface area (Å²) in [6.45, 7) is 7.01. The second kappa shape index (κ2) is 8.37. The molecule has 0 spiro atoms. The van der Waals surface area contributed by atoms with E-state index in [9.17, 15) is 12.8 Å². The van der Waals surface area contributed by atoms with Gasteiger partial charge in [0.05, 0.1) is 11.5 Å². The average molecular weight is 392 g/mol. The van der Waals surface area contributed by atoms with Gasteiger partial charge >= 0.3 is 0 Å². The molecule has 1 aliphatic rings. The number of nitrogens with zero attached hydrogens (tertiary/aromatic N) is 2. The van der Waals surface area contributed by atoms with Gasteiger partial charge in [0.25, 0.3) is 0 Å². The fourth-order valence-corrected chi connectivity index (χ4v) is 4.97. The third-order valence-corrected chi connectivity index (χ3v) is 6.81. The van der Waals surface area contributed by atoms with Gasteiger partial charge < -0.3 is 4.74 Å². The van der Waals surface area contributed by atoms with Crippen LogP contribution in [0.4, 0.5) is 4.39 Å². The number of para-hydroxylation sites is 1. The molecule has 2 aromatic carbocycles. The lowest BCUT2D eigenvalue weighted by Gasteiger charge is -2.34. The van der Waals surface area contributed by atoms with Gasteiger partial charge in [0.15, 0.2) is 0 Å². The largest absolute Gasteiger partial charge is 0.494 e. The molecule has 0 radical (unpaired) electrons. The first-order chi connectivity index (χ1) is 12.9. The van der Waals surface area contributed by atoms with Crippen LogP contribution in [0.1, 0.15) is 18.1 Å². The lowest BCUT2D eigenvalue weighted by atomic mass is 10.2. The highest BCUT2D eigenvalue weighted by molar-refractivity contribution is 7.89. The van der Waals surface area contributed by atoms with Gasteiger partial charge in [-0.15, -0.1) is 0 Å². The van der Waals surface area contributed by atoms with Gasteiger partial charge in [-0.05, 0) is 43.7 Å². The average Bonchev–Trinajstić information content (AvgIpc) is 2.64. The molecule has 7 heteroatoms. The first kappa shape index (κ1) is 19.8. The van der Waals surface area contributed by atoms with Gasteiger partial charge in [-0.25, -0.2) is 12.8 Å². The number of rotatable bonds is 6. The maximum absolute atomic E-state index is 13.3. The van der Waals surface area contributed by atoms with Crippen LogP contribution >= 0.6 is 0 Å². The van der Waals surface area contributed by atoms with Crippen molar-refractivity contribution in [3.63, 3.8) is 0 Å². The van der Waals surface area contributed by atoms with Gasteiger partial charge in [0.2, 0.25) is 10.0 Å². The molecule has 0 aromatic heterocycles.